The third-order valence-corrected chi connectivity index (χ3v) is 8.69. The maximum Gasteiger partial charge on any atom is 0.248 e. The summed E-state index contributed by atoms with van der Waals surface area (Å²) in [7, 11) is -3.64. The highest BCUT2D eigenvalue weighted by Crippen LogP contribution is 2.44. The molecule has 4 rings (SSSR count). The molecule has 1 aromatic rings. The van der Waals surface area contributed by atoms with E-state index in [1.807, 2.05) is 0 Å². The summed E-state index contributed by atoms with van der Waals surface area (Å²) in [5, 5.41) is 3.84. The Labute approximate surface area is 161 Å². The van der Waals surface area contributed by atoms with Crippen LogP contribution in [0.5, 0.6) is 0 Å². The van der Waals surface area contributed by atoms with Crippen molar-refractivity contribution < 1.29 is 17.7 Å². The van der Waals surface area contributed by atoms with Gasteiger partial charge < -0.3 is 9.42 Å². The maximum atomic E-state index is 13.4. The van der Waals surface area contributed by atoms with Crippen LogP contribution in [0.25, 0.3) is 0 Å². The number of aryl methyl sites for hydroxylation is 2. The summed E-state index contributed by atoms with van der Waals surface area (Å²) in [6.45, 7) is 6.42. The first kappa shape index (κ1) is 18.9. The molecule has 1 aromatic heterocycles. The van der Waals surface area contributed by atoms with Crippen LogP contribution in [-0.4, -0.2) is 53.9 Å². The largest absolute Gasteiger partial charge is 0.360 e. The number of sulfonamides is 1. The molecule has 0 spiro atoms. The van der Waals surface area contributed by atoms with Crippen LogP contribution in [0.3, 0.4) is 0 Å². The van der Waals surface area contributed by atoms with Gasteiger partial charge in [0.2, 0.25) is 15.9 Å². The topological polar surface area (TPSA) is 83.7 Å². The average Bonchev–Trinajstić information content (AvgIpc) is 2.98. The number of rotatable bonds is 4. The number of carbonyl (C=O) groups excluding carboxylic acids is 1. The Morgan fingerprint density at radius 1 is 1.22 bits per heavy atom. The number of nitrogens with zero attached hydrogens (tertiary/aromatic N) is 3. The normalized spacial score (nSPS) is 31.8. The van der Waals surface area contributed by atoms with Crippen molar-refractivity contribution in [3.63, 3.8) is 0 Å². The van der Waals surface area contributed by atoms with Gasteiger partial charge in [-0.3, -0.25) is 4.79 Å². The minimum Gasteiger partial charge on any atom is -0.360 e. The summed E-state index contributed by atoms with van der Waals surface area (Å²) in [4.78, 5) is 15.0. The second kappa shape index (κ2) is 6.88. The zero-order valence-electron chi connectivity index (χ0n) is 16.3. The van der Waals surface area contributed by atoms with Crippen molar-refractivity contribution in [2.45, 2.75) is 76.3 Å². The summed E-state index contributed by atoms with van der Waals surface area (Å²) in [5.41, 5.74) is 0.419. The second-order valence-electron chi connectivity index (χ2n) is 8.35. The van der Waals surface area contributed by atoms with Gasteiger partial charge in [-0.1, -0.05) is 18.5 Å². The molecule has 150 valence electrons. The van der Waals surface area contributed by atoms with Crippen molar-refractivity contribution in [1.29, 1.82) is 0 Å². The fourth-order valence-electron chi connectivity index (χ4n) is 5.57. The van der Waals surface area contributed by atoms with Crippen molar-refractivity contribution in [1.82, 2.24) is 14.4 Å². The van der Waals surface area contributed by atoms with E-state index in [1.54, 1.807) is 18.2 Å². The monoisotopic (exact) mass is 395 g/mol. The van der Waals surface area contributed by atoms with Crippen molar-refractivity contribution in [2.75, 3.05) is 13.1 Å². The van der Waals surface area contributed by atoms with E-state index >= 15 is 0 Å². The van der Waals surface area contributed by atoms with Gasteiger partial charge in [0.25, 0.3) is 0 Å². The molecule has 3 saturated heterocycles. The lowest BCUT2D eigenvalue weighted by atomic mass is 9.71. The number of hydrogen-bond acceptors (Lipinski definition) is 5. The minimum absolute atomic E-state index is 0.159. The van der Waals surface area contributed by atoms with Gasteiger partial charge >= 0.3 is 0 Å². The molecule has 4 atom stereocenters. The lowest BCUT2D eigenvalue weighted by Crippen LogP contribution is -2.65. The van der Waals surface area contributed by atoms with Gasteiger partial charge in [0.15, 0.2) is 5.76 Å². The third-order valence-electron chi connectivity index (χ3n) is 6.61. The fourth-order valence-corrected chi connectivity index (χ4v) is 7.41. The molecule has 1 amide bonds. The maximum absolute atomic E-state index is 13.4. The minimum atomic E-state index is -3.64. The summed E-state index contributed by atoms with van der Waals surface area (Å²) in [5.74, 6) is 1.04. The van der Waals surface area contributed by atoms with Gasteiger partial charge in [0.05, 0.1) is 0 Å². The molecule has 4 heterocycles. The number of fused-ring (bicyclic) bond motifs is 4. The van der Waals surface area contributed by atoms with E-state index < -0.39 is 10.0 Å². The Morgan fingerprint density at radius 3 is 2.63 bits per heavy atom. The second-order valence-corrected chi connectivity index (χ2v) is 10.2. The molecule has 0 saturated carbocycles. The summed E-state index contributed by atoms with van der Waals surface area (Å²) >= 11 is 0. The van der Waals surface area contributed by atoms with Crippen LogP contribution in [0.4, 0.5) is 0 Å². The number of aromatic nitrogens is 1. The molecule has 2 bridgehead atoms. The van der Waals surface area contributed by atoms with Crippen LogP contribution in [0.1, 0.15) is 56.9 Å². The Bertz CT molecular complexity index is 815. The first-order valence-electron chi connectivity index (χ1n) is 10.1. The predicted molar refractivity (Wildman–Crippen MR) is 99.5 cm³/mol. The van der Waals surface area contributed by atoms with E-state index in [1.165, 1.54) is 0 Å². The molecular weight excluding hydrogens is 366 g/mol. The Balaban J connectivity index is 1.68. The first-order valence-corrected chi connectivity index (χ1v) is 11.5. The molecule has 27 heavy (non-hydrogen) atoms. The predicted octanol–water partition coefficient (Wildman–Crippen LogP) is 2.48. The lowest BCUT2D eigenvalue weighted by molar-refractivity contribution is -0.151. The van der Waals surface area contributed by atoms with E-state index in [0.717, 1.165) is 32.1 Å². The van der Waals surface area contributed by atoms with Gasteiger partial charge in [0.1, 0.15) is 10.6 Å². The van der Waals surface area contributed by atoms with E-state index in [0.29, 0.717) is 31.0 Å². The molecule has 0 aliphatic carbocycles. The Hall–Kier alpha value is -1.41. The first-order chi connectivity index (χ1) is 12.8. The molecule has 3 aliphatic rings. The molecule has 7 nitrogen and oxygen atoms in total. The summed E-state index contributed by atoms with van der Waals surface area (Å²) < 4.78 is 33.5. The molecular formula is C19H29N3O4S. The molecule has 0 N–H and O–H groups in total. The smallest absolute Gasteiger partial charge is 0.248 e. The average molecular weight is 396 g/mol. The zero-order valence-corrected chi connectivity index (χ0v) is 17.2. The summed E-state index contributed by atoms with van der Waals surface area (Å²) in [6, 6.07) is 0.341. The number of carbonyl (C=O) groups is 1. The van der Waals surface area contributed by atoms with Gasteiger partial charge in [0, 0.05) is 31.6 Å². The van der Waals surface area contributed by atoms with Crippen molar-refractivity contribution in [3.05, 3.63) is 11.5 Å². The number of piperidine rings is 3. The third kappa shape index (κ3) is 3.01. The van der Waals surface area contributed by atoms with Gasteiger partial charge in [-0.15, -0.1) is 0 Å². The van der Waals surface area contributed by atoms with E-state index in [4.69, 9.17) is 4.52 Å². The standard InChI is InChI=1S/C19H29N3O4S/c1-4-6-16-14-9-15(17-7-5-8-18(23)22(16)17)11-21(10-14)27(24,25)19-12(2)20-26-13(19)3/h14-17H,4-11H2,1-3H3/t14-,15+,16-,17-/m0/s1. The Morgan fingerprint density at radius 2 is 1.96 bits per heavy atom. The molecule has 0 aromatic carbocycles. The van der Waals surface area contributed by atoms with E-state index in [-0.39, 0.29) is 34.7 Å². The van der Waals surface area contributed by atoms with Crippen molar-refractivity contribution in [3.8, 4) is 0 Å². The molecule has 8 heteroatoms. The highest BCUT2D eigenvalue weighted by Gasteiger charge is 2.51. The zero-order chi connectivity index (χ0) is 19.3. The van der Waals surface area contributed by atoms with Crippen molar-refractivity contribution in [2.24, 2.45) is 11.8 Å². The lowest BCUT2D eigenvalue weighted by Gasteiger charge is -2.56. The van der Waals surface area contributed by atoms with E-state index in [9.17, 15) is 13.2 Å². The molecule has 3 fully saturated rings. The van der Waals surface area contributed by atoms with Gasteiger partial charge in [-0.05, 0) is 51.4 Å². The Kier molecular flexibility index (Phi) is 4.83. The number of hydrogen-bond donors (Lipinski definition) is 0. The van der Waals surface area contributed by atoms with Crippen LogP contribution in [-0.2, 0) is 14.8 Å². The molecule has 3 aliphatic heterocycles. The fraction of sp³-hybridized carbons (Fsp3) is 0.789. The van der Waals surface area contributed by atoms with Crippen LogP contribution in [0, 0.1) is 25.7 Å². The van der Waals surface area contributed by atoms with Crippen LogP contribution >= 0.6 is 0 Å². The van der Waals surface area contributed by atoms with Gasteiger partial charge in [-0.25, -0.2) is 8.42 Å². The molecule has 0 radical (unpaired) electrons. The highest BCUT2D eigenvalue weighted by atomic mass is 32.2. The quantitative estimate of drug-likeness (QED) is 0.782. The van der Waals surface area contributed by atoms with Crippen LogP contribution in [0.2, 0.25) is 0 Å². The molecule has 0 unspecified atom stereocenters. The summed E-state index contributed by atoms with van der Waals surface area (Å²) in [6.07, 6.45) is 5.50. The van der Waals surface area contributed by atoms with Crippen LogP contribution in [0.15, 0.2) is 9.42 Å². The van der Waals surface area contributed by atoms with Gasteiger partial charge in [-0.2, -0.15) is 4.31 Å². The van der Waals surface area contributed by atoms with Crippen molar-refractivity contribution >= 4 is 15.9 Å². The van der Waals surface area contributed by atoms with E-state index in [2.05, 4.69) is 17.0 Å². The SMILES string of the molecule is CCC[C@H]1[C@H]2C[C@H](CN(S(=O)(=O)c3c(C)noc3C)C2)[C@@H]2CCCC(=O)N21. The van der Waals surface area contributed by atoms with Crippen LogP contribution < -0.4 is 0 Å². The highest BCUT2D eigenvalue weighted by molar-refractivity contribution is 7.89. The number of amides is 1.